The van der Waals surface area contributed by atoms with Crippen molar-refractivity contribution in [1.82, 2.24) is 14.5 Å². The van der Waals surface area contributed by atoms with Crippen LogP contribution in [-0.4, -0.2) is 24.1 Å². The van der Waals surface area contributed by atoms with Crippen LogP contribution in [0.3, 0.4) is 0 Å². The Kier molecular flexibility index (Phi) is 3.70. The number of nitrogens with one attached hydrogen (secondary N) is 1. The molecule has 22 heavy (non-hydrogen) atoms. The van der Waals surface area contributed by atoms with Crippen LogP contribution in [0.15, 0.2) is 41.6 Å². The van der Waals surface area contributed by atoms with Crippen LogP contribution in [0, 0.1) is 5.92 Å². The minimum Gasteiger partial charge on any atom is -0.276 e. The van der Waals surface area contributed by atoms with Gasteiger partial charge in [0, 0.05) is 24.2 Å². The second kappa shape index (κ2) is 5.40. The highest BCUT2D eigenvalue weighted by atomic mass is 35.5. The Hall–Kier alpha value is -1.86. The number of carbonyl (C=O) groups is 1. The summed E-state index contributed by atoms with van der Waals surface area (Å²) in [6.07, 6.45) is 4.16. The van der Waals surface area contributed by atoms with Gasteiger partial charge in [0.15, 0.2) is 0 Å². The SMILES string of the molecule is Cn1cc([C@H]2C[C@H]2C(=O)NS(=O)(=O)c2cccc(Cl)c2)cn1. The van der Waals surface area contributed by atoms with E-state index in [1.165, 1.54) is 18.2 Å². The second-order valence-corrected chi connectivity index (χ2v) is 7.44. The van der Waals surface area contributed by atoms with Crippen molar-refractivity contribution in [1.29, 1.82) is 0 Å². The number of rotatable bonds is 4. The largest absolute Gasteiger partial charge is 0.276 e. The number of amides is 1. The van der Waals surface area contributed by atoms with Crippen LogP contribution in [0.4, 0.5) is 0 Å². The fraction of sp³-hybridized carbons (Fsp3) is 0.286. The number of aryl methyl sites for hydroxylation is 1. The van der Waals surface area contributed by atoms with E-state index in [-0.39, 0.29) is 16.7 Å². The highest BCUT2D eigenvalue weighted by Gasteiger charge is 2.45. The van der Waals surface area contributed by atoms with Crippen LogP contribution >= 0.6 is 11.6 Å². The summed E-state index contributed by atoms with van der Waals surface area (Å²) in [5, 5.41) is 4.36. The standard InChI is InChI=1S/C14H14ClN3O3S/c1-18-8-9(7-16-18)12-6-13(12)14(19)17-22(20,21)11-4-2-3-10(15)5-11/h2-5,7-8,12-13H,6H2,1H3,(H,17,19)/t12-,13-/m1/s1. The van der Waals surface area contributed by atoms with Gasteiger partial charge in [-0.15, -0.1) is 0 Å². The topological polar surface area (TPSA) is 81.1 Å². The smallest absolute Gasteiger partial charge is 0.264 e. The van der Waals surface area contributed by atoms with Crippen molar-refractivity contribution >= 4 is 27.5 Å². The molecule has 1 N–H and O–H groups in total. The molecule has 0 aliphatic heterocycles. The Bertz CT molecular complexity index is 831. The van der Waals surface area contributed by atoms with Gasteiger partial charge in [-0.05, 0) is 36.1 Å². The van der Waals surface area contributed by atoms with E-state index in [0.29, 0.717) is 11.4 Å². The van der Waals surface area contributed by atoms with E-state index in [4.69, 9.17) is 11.6 Å². The van der Waals surface area contributed by atoms with Crippen molar-refractivity contribution in [3.63, 3.8) is 0 Å². The molecule has 0 unspecified atom stereocenters. The maximum Gasteiger partial charge on any atom is 0.264 e. The van der Waals surface area contributed by atoms with E-state index in [1.807, 2.05) is 6.20 Å². The highest BCUT2D eigenvalue weighted by molar-refractivity contribution is 7.90. The Morgan fingerprint density at radius 1 is 1.45 bits per heavy atom. The molecular weight excluding hydrogens is 326 g/mol. The molecule has 8 heteroatoms. The molecule has 0 bridgehead atoms. The number of halogens is 1. The van der Waals surface area contributed by atoms with Gasteiger partial charge in [0.05, 0.1) is 11.1 Å². The van der Waals surface area contributed by atoms with Gasteiger partial charge >= 0.3 is 0 Å². The molecule has 1 heterocycles. The van der Waals surface area contributed by atoms with Gasteiger partial charge in [-0.1, -0.05) is 17.7 Å². The average molecular weight is 340 g/mol. The van der Waals surface area contributed by atoms with Gasteiger partial charge in [-0.25, -0.2) is 13.1 Å². The molecule has 1 amide bonds. The molecule has 1 aliphatic carbocycles. The number of carbonyl (C=O) groups excluding carboxylic acids is 1. The predicted molar refractivity (Wildman–Crippen MR) is 80.8 cm³/mol. The van der Waals surface area contributed by atoms with Crippen molar-refractivity contribution in [3.05, 3.63) is 47.2 Å². The van der Waals surface area contributed by atoms with Crippen LogP contribution in [0.2, 0.25) is 5.02 Å². The van der Waals surface area contributed by atoms with Gasteiger partial charge in [-0.3, -0.25) is 9.48 Å². The van der Waals surface area contributed by atoms with Crippen molar-refractivity contribution in [2.24, 2.45) is 13.0 Å². The summed E-state index contributed by atoms with van der Waals surface area (Å²) in [6.45, 7) is 0. The first kappa shape index (κ1) is 15.1. The number of aromatic nitrogens is 2. The fourth-order valence-electron chi connectivity index (χ4n) is 2.39. The van der Waals surface area contributed by atoms with E-state index in [1.54, 1.807) is 24.0 Å². The molecule has 2 atom stereocenters. The summed E-state index contributed by atoms with van der Waals surface area (Å²) in [4.78, 5) is 12.1. The van der Waals surface area contributed by atoms with Gasteiger partial charge in [0.2, 0.25) is 5.91 Å². The Labute approximate surface area is 133 Å². The van der Waals surface area contributed by atoms with Gasteiger partial charge in [0.1, 0.15) is 0 Å². The lowest BCUT2D eigenvalue weighted by Gasteiger charge is -2.06. The summed E-state index contributed by atoms with van der Waals surface area (Å²) < 4.78 is 28.1. The molecule has 0 radical (unpaired) electrons. The van der Waals surface area contributed by atoms with Crippen LogP contribution < -0.4 is 4.72 Å². The van der Waals surface area contributed by atoms with E-state index < -0.39 is 15.9 Å². The number of hydrogen-bond acceptors (Lipinski definition) is 4. The third-order valence-corrected chi connectivity index (χ3v) is 5.20. The molecule has 3 rings (SSSR count). The molecule has 1 aromatic carbocycles. The molecule has 2 aromatic rings. The number of hydrogen-bond donors (Lipinski definition) is 1. The third-order valence-electron chi connectivity index (χ3n) is 3.62. The zero-order chi connectivity index (χ0) is 15.9. The van der Waals surface area contributed by atoms with Crippen LogP contribution in [0.5, 0.6) is 0 Å². The summed E-state index contributed by atoms with van der Waals surface area (Å²) >= 11 is 5.78. The molecule has 6 nitrogen and oxygen atoms in total. The molecule has 1 aromatic heterocycles. The van der Waals surface area contributed by atoms with Crippen molar-refractivity contribution < 1.29 is 13.2 Å². The van der Waals surface area contributed by atoms with Crippen LogP contribution in [0.1, 0.15) is 17.9 Å². The Balaban J connectivity index is 1.70. The summed E-state index contributed by atoms with van der Waals surface area (Å²) in [6, 6.07) is 5.80. The van der Waals surface area contributed by atoms with Crippen molar-refractivity contribution in [2.75, 3.05) is 0 Å². The van der Waals surface area contributed by atoms with Crippen molar-refractivity contribution in [2.45, 2.75) is 17.2 Å². The first-order valence-corrected chi connectivity index (χ1v) is 8.54. The molecule has 116 valence electrons. The number of benzene rings is 1. The zero-order valence-corrected chi connectivity index (χ0v) is 13.3. The van der Waals surface area contributed by atoms with Gasteiger partial charge in [0.25, 0.3) is 10.0 Å². The molecule has 0 spiro atoms. The summed E-state index contributed by atoms with van der Waals surface area (Å²) in [5.41, 5.74) is 0.947. The average Bonchev–Trinajstić information content (AvgIpc) is 3.14. The quantitative estimate of drug-likeness (QED) is 0.919. The number of nitrogens with zero attached hydrogens (tertiary/aromatic N) is 2. The molecular formula is C14H14ClN3O3S. The van der Waals surface area contributed by atoms with E-state index in [9.17, 15) is 13.2 Å². The molecule has 0 saturated heterocycles. The highest BCUT2D eigenvalue weighted by Crippen LogP contribution is 2.47. The van der Waals surface area contributed by atoms with E-state index in [2.05, 4.69) is 9.82 Å². The first-order chi connectivity index (χ1) is 10.4. The molecule has 1 saturated carbocycles. The number of sulfonamides is 1. The molecule has 1 aliphatic rings. The lowest BCUT2D eigenvalue weighted by Crippen LogP contribution is -2.32. The normalized spacial score (nSPS) is 20.6. The van der Waals surface area contributed by atoms with Crippen LogP contribution in [0.25, 0.3) is 0 Å². The summed E-state index contributed by atoms with van der Waals surface area (Å²) in [7, 11) is -2.10. The maximum absolute atomic E-state index is 12.2. The maximum atomic E-state index is 12.2. The lowest BCUT2D eigenvalue weighted by atomic mass is 10.2. The monoisotopic (exact) mass is 339 g/mol. The van der Waals surface area contributed by atoms with E-state index >= 15 is 0 Å². The first-order valence-electron chi connectivity index (χ1n) is 6.67. The zero-order valence-electron chi connectivity index (χ0n) is 11.7. The van der Waals surface area contributed by atoms with Gasteiger partial charge in [-0.2, -0.15) is 5.10 Å². The Morgan fingerprint density at radius 2 is 2.23 bits per heavy atom. The van der Waals surface area contributed by atoms with E-state index in [0.717, 1.165) is 5.56 Å². The minimum atomic E-state index is -3.89. The fourth-order valence-corrected chi connectivity index (χ4v) is 3.71. The van der Waals surface area contributed by atoms with Gasteiger partial charge < -0.3 is 0 Å². The van der Waals surface area contributed by atoms with Crippen LogP contribution in [-0.2, 0) is 21.9 Å². The minimum absolute atomic E-state index is 0.0214. The second-order valence-electron chi connectivity index (χ2n) is 5.32. The van der Waals surface area contributed by atoms with Crippen molar-refractivity contribution in [3.8, 4) is 0 Å². The Morgan fingerprint density at radius 3 is 2.86 bits per heavy atom. The lowest BCUT2D eigenvalue weighted by molar-refractivity contribution is -0.120. The molecule has 1 fully saturated rings. The third kappa shape index (κ3) is 3.00. The predicted octanol–water partition coefficient (Wildman–Crippen LogP) is 1.68. The summed E-state index contributed by atoms with van der Waals surface area (Å²) in [5.74, 6) is -0.796.